The average Bonchev–Trinajstić information content (AvgIpc) is 2.49. The van der Waals surface area contributed by atoms with Crippen LogP contribution in [-0.2, 0) is 9.59 Å². The van der Waals surface area contributed by atoms with Crippen molar-refractivity contribution >= 4 is 23.3 Å². The predicted molar refractivity (Wildman–Crippen MR) is 79.5 cm³/mol. The molecule has 0 bridgehead atoms. The normalized spacial score (nSPS) is 21.1. The molecule has 7 nitrogen and oxygen atoms in total. The minimum atomic E-state index is -0.962. The number of rotatable bonds is 4. The van der Waals surface area contributed by atoms with Crippen LogP contribution in [0, 0.1) is 28.9 Å². The zero-order chi connectivity index (χ0) is 16.3. The maximum atomic E-state index is 12.4. The van der Waals surface area contributed by atoms with Gasteiger partial charge in [0.2, 0.25) is 5.91 Å². The molecule has 0 heterocycles. The van der Waals surface area contributed by atoms with Crippen LogP contribution >= 0.6 is 0 Å². The van der Waals surface area contributed by atoms with Crippen molar-refractivity contribution in [2.75, 3.05) is 5.32 Å². The number of aliphatic carboxylic acids is 1. The molecule has 1 aromatic carbocycles. The molecule has 0 radical (unpaired) electrons. The molecule has 1 aliphatic rings. The van der Waals surface area contributed by atoms with Crippen LogP contribution in [0.5, 0.6) is 0 Å². The summed E-state index contributed by atoms with van der Waals surface area (Å²) in [7, 11) is 0. The molecule has 0 aliphatic heterocycles. The Labute approximate surface area is 127 Å². The van der Waals surface area contributed by atoms with Crippen molar-refractivity contribution in [3.63, 3.8) is 0 Å². The molecule has 1 saturated carbocycles. The van der Waals surface area contributed by atoms with Gasteiger partial charge >= 0.3 is 5.97 Å². The van der Waals surface area contributed by atoms with Gasteiger partial charge in [0.15, 0.2) is 0 Å². The average molecular weight is 306 g/mol. The van der Waals surface area contributed by atoms with E-state index in [2.05, 4.69) is 5.32 Å². The van der Waals surface area contributed by atoms with E-state index in [1.54, 1.807) is 13.0 Å². The molecule has 1 amide bonds. The lowest BCUT2D eigenvalue weighted by Gasteiger charge is -2.27. The summed E-state index contributed by atoms with van der Waals surface area (Å²) in [6.45, 7) is 1.73. The van der Waals surface area contributed by atoms with Gasteiger partial charge in [-0.05, 0) is 25.3 Å². The van der Waals surface area contributed by atoms with E-state index in [4.69, 9.17) is 0 Å². The first-order chi connectivity index (χ1) is 10.4. The first kappa shape index (κ1) is 15.9. The number of hydrogen-bond donors (Lipinski definition) is 2. The third kappa shape index (κ3) is 3.41. The summed E-state index contributed by atoms with van der Waals surface area (Å²) >= 11 is 0. The summed E-state index contributed by atoms with van der Waals surface area (Å²) < 4.78 is 0. The zero-order valence-corrected chi connectivity index (χ0v) is 12.2. The van der Waals surface area contributed by atoms with E-state index in [1.165, 1.54) is 12.1 Å². The summed E-state index contributed by atoms with van der Waals surface area (Å²) in [4.78, 5) is 33.9. The van der Waals surface area contributed by atoms with Crippen molar-refractivity contribution in [2.24, 2.45) is 11.8 Å². The van der Waals surface area contributed by atoms with Crippen molar-refractivity contribution in [1.29, 1.82) is 0 Å². The highest BCUT2D eigenvalue weighted by atomic mass is 16.6. The van der Waals surface area contributed by atoms with Crippen LogP contribution in [0.1, 0.15) is 31.2 Å². The standard InChI is InChI=1S/C15H18N2O5/c1-9-6-7-10(17(21)22)8-13(9)16-14(18)11-4-2-3-5-12(11)15(19)20/h6-8,11-12H,2-5H2,1H3,(H,16,18)(H,19,20). The molecular weight excluding hydrogens is 288 g/mol. The summed E-state index contributed by atoms with van der Waals surface area (Å²) in [6, 6.07) is 4.22. The monoisotopic (exact) mass is 306 g/mol. The second kappa shape index (κ2) is 6.55. The van der Waals surface area contributed by atoms with Crippen molar-refractivity contribution in [1.82, 2.24) is 0 Å². The number of hydrogen-bond acceptors (Lipinski definition) is 4. The number of nitro benzene ring substituents is 1. The topological polar surface area (TPSA) is 110 Å². The maximum Gasteiger partial charge on any atom is 0.307 e. The number of amides is 1. The second-order valence-electron chi connectivity index (χ2n) is 5.58. The number of carbonyl (C=O) groups excluding carboxylic acids is 1. The summed E-state index contributed by atoms with van der Waals surface area (Å²) in [6.07, 6.45) is 2.63. The Kier molecular flexibility index (Phi) is 4.75. The second-order valence-corrected chi connectivity index (χ2v) is 5.58. The molecule has 1 aliphatic carbocycles. The number of benzene rings is 1. The van der Waals surface area contributed by atoms with E-state index < -0.39 is 22.7 Å². The van der Waals surface area contributed by atoms with Gasteiger partial charge in [0, 0.05) is 12.1 Å². The minimum Gasteiger partial charge on any atom is -0.481 e. The SMILES string of the molecule is Cc1ccc([N+](=O)[O-])cc1NC(=O)C1CCCCC1C(=O)O. The fraction of sp³-hybridized carbons (Fsp3) is 0.467. The number of anilines is 1. The molecule has 1 aromatic rings. The molecule has 1 fully saturated rings. The number of aryl methyl sites for hydroxylation is 1. The van der Waals surface area contributed by atoms with Crippen molar-refractivity contribution in [3.8, 4) is 0 Å². The zero-order valence-electron chi connectivity index (χ0n) is 12.2. The molecule has 2 atom stereocenters. The highest BCUT2D eigenvalue weighted by Gasteiger charge is 2.35. The molecule has 0 saturated heterocycles. The van der Waals surface area contributed by atoms with Gasteiger partial charge in [-0.3, -0.25) is 19.7 Å². The maximum absolute atomic E-state index is 12.4. The van der Waals surface area contributed by atoms with Crippen molar-refractivity contribution in [3.05, 3.63) is 33.9 Å². The highest BCUT2D eigenvalue weighted by Crippen LogP contribution is 2.32. The van der Waals surface area contributed by atoms with Gasteiger partial charge in [-0.1, -0.05) is 18.9 Å². The van der Waals surface area contributed by atoms with Gasteiger partial charge in [-0.15, -0.1) is 0 Å². The Morgan fingerprint density at radius 1 is 1.27 bits per heavy atom. The van der Waals surface area contributed by atoms with Gasteiger partial charge in [0.05, 0.1) is 22.4 Å². The van der Waals surface area contributed by atoms with Gasteiger partial charge < -0.3 is 10.4 Å². The van der Waals surface area contributed by atoms with Gasteiger partial charge in [-0.25, -0.2) is 0 Å². The lowest BCUT2D eigenvalue weighted by molar-refractivity contribution is -0.384. The third-order valence-corrected chi connectivity index (χ3v) is 4.11. The molecule has 118 valence electrons. The number of carboxylic acid groups (broad SMARTS) is 1. The van der Waals surface area contributed by atoms with Crippen LogP contribution in [0.3, 0.4) is 0 Å². The number of carboxylic acids is 1. The van der Waals surface area contributed by atoms with Gasteiger partial charge in [0.1, 0.15) is 0 Å². The quantitative estimate of drug-likeness (QED) is 0.656. The van der Waals surface area contributed by atoms with Crippen LogP contribution < -0.4 is 5.32 Å². The molecule has 2 N–H and O–H groups in total. The van der Waals surface area contributed by atoms with Gasteiger partial charge in [0.25, 0.3) is 5.69 Å². The number of nitro groups is 1. The Hall–Kier alpha value is -2.44. The molecule has 0 spiro atoms. The molecule has 7 heteroatoms. The molecule has 22 heavy (non-hydrogen) atoms. The largest absolute Gasteiger partial charge is 0.481 e. The van der Waals surface area contributed by atoms with Crippen molar-refractivity contribution in [2.45, 2.75) is 32.6 Å². The van der Waals surface area contributed by atoms with Gasteiger partial charge in [-0.2, -0.15) is 0 Å². The highest BCUT2D eigenvalue weighted by molar-refractivity contribution is 5.96. The summed E-state index contributed by atoms with van der Waals surface area (Å²) in [5.41, 5.74) is 0.940. The van der Waals surface area contributed by atoms with E-state index in [1.807, 2.05) is 0 Å². The summed E-state index contributed by atoms with van der Waals surface area (Å²) in [5, 5.41) is 22.7. The van der Waals surface area contributed by atoms with Crippen LogP contribution in [0.15, 0.2) is 18.2 Å². The smallest absolute Gasteiger partial charge is 0.307 e. The van der Waals surface area contributed by atoms with Crippen LogP contribution in [-0.4, -0.2) is 21.9 Å². The fourth-order valence-corrected chi connectivity index (χ4v) is 2.82. The molecule has 2 unspecified atom stereocenters. The van der Waals surface area contributed by atoms with E-state index in [-0.39, 0.29) is 11.6 Å². The predicted octanol–water partition coefficient (Wildman–Crippen LogP) is 2.73. The van der Waals surface area contributed by atoms with E-state index in [9.17, 15) is 24.8 Å². The number of non-ortho nitro benzene ring substituents is 1. The van der Waals surface area contributed by atoms with E-state index in [0.29, 0.717) is 24.1 Å². The van der Waals surface area contributed by atoms with Crippen LogP contribution in [0.4, 0.5) is 11.4 Å². The Balaban J connectivity index is 2.19. The Bertz CT molecular complexity index is 614. The first-order valence-electron chi connectivity index (χ1n) is 7.19. The lowest BCUT2D eigenvalue weighted by Crippen LogP contribution is -2.36. The number of carbonyl (C=O) groups is 2. The van der Waals surface area contributed by atoms with E-state index >= 15 is 0 Å². The lowest BCUT2D eigenvalue weighted by atomic mass is 9.78. The molecule has 0 aromatic heterocycles. The van der Waals surface area contributed by atoms with Crippen LogP contribution in [0.25, 0.3) is 0 Å². The van der Waals surface area contributed by atoms with Crippen LogP contribution in [0.2, 0.25) is 0 Å². The fourth-order valence-electron chi connectivity index (χ4n) is 2.82. The Morgan fingerprint density at radius 2 is 1.91 bits per heavy atom. The van der Waals surface area contributed by atoms with E-state index in [0.717, 1.165) is 12.8 Å². The van der Waals surface area contributed by atoms with Crippen molar-refractivity contribution < 1.29 is 19.6 Å². The number of nitrogens with zero attached hydrogens (tertiary/aromatic N) is 1. The molecule has 2 rings (SSSR count). The number of nitrogens with one attached hydrogen (secondary N) is 1. The minimum absolute atomic E-state index is 0.112. The molecular formula is C15H18N2O5. The third-order valence-electron chi connectivity index (χ3n) is 4.11. The summed E-state index contributed by atoms with van der Waals surface area (Å²) in [5.74, 6) is -2.62. The first-order valence-corrected chi connectivity index (χ1v) is 7.19. The Morgan fingerprint density at radius 3 is 2.50 bits per heavy atom.